The Labute approximate surface area is 180 Å². The molecule has 168 valence electrons. The maximum absolute atomic E-state index is 12.7. The monoisotopic (exact) mass is 437 g/mol. The Morgan fingerprint density at radius 1 is 1.13 bits per heavy atom. The number of hydrogen-bond acceptors (Lipinski definition) is 5. The number of sulfone groups is 1. The van der Waals surface area contributed by atoms with E-state index in [1.165, 1.54) is 0 Å². The zero-order valence-electron chi connectivity index (χ0n) is 18.1. The van der Waals surface area contributed by atoms with Crippen LogP contribution in [0.3, 0.4) is 0 Å². The van der Waals surface area contributed by atoms with Crippen molar-refractivity contribution in [3.63, 3.8) is 0 Å². The first kappa shape index (κ1) is 23.0. The molecule has 8 heteroatoms. The van der Waals surface area contributed by atoms with Gasteiger partial charge in [-0.1, -0.05) is 26.7 Å². The third-order valence-corrected chi connectivity index (χ3v) is 8.26. The molecule has 1 saturated carbocycles. The lowest BCUT2D eigenvalue weighted by Crippen LogP contribution is -2.49. The molecule has 1 atom stereocenters. The molecule has 1 aliphatic heterocycles. The van der Waals surface area contributed by atoms with E-state index in [9.17, 15) is 13.2 Å². The molecule has 2 fully saturated rings. The van der Waals surface area contributed by atoms with E-state index >= 15 is 0 Å². The molecular formula is C22H35N3O4S. The van der Waals surface area contributed by atoms with Gasteiger partial charge in [-0.15, -0.1) is 0 Å². The Bertz CT molecular complexity index is 783. The Morgan fingerprint density at radius 2 is 1.77 bits per heavy atom. The molecule has 0 aromatic heterocycles. The van der Waals surface area contributed by atoms with Crippen molar-refractivity contribution in [1.82, 2.24) is 10.2 Å². The van der Waals surface area contributed by atoms with E-state index in [0.717, 1.165) is 58.4 Å². The van der Waals surface area contributed by atoms with E-state index < -0.39 is 9.84 Å². The second-order valence-corrected chi connectivity index (χ2v) is 11.0. The summed E-state index contributed by atoms with van der Waals surface area (Å²) < 4.78 is 30.8. The highest BCUT2D eigenvalue weighted by molar-refractivity contribution is 7.92. The number of urea groups is 1. The highest BCUT2D eigenvalue weighted by Gasteiger charge is 2.30. The van der Waals surface area contributed by atoms with Crippen LogP contribution in [-0.2, 0) is 14.6 Å². The van der Waals surface area contributed by atoms with Gasteiger partial charge in [-0.2, -0.15) is 0 Å². The minimum atomic E-state index is -3.27. The van der Waals surface area contributed by atoms with E-state index in [0.29, 0.717) is 23.0 Å². The van der Waals surface area contributed by atoms with Gasteiger partial charge in [0.05, 0.1) is 23.4 Å². The molecule has 2 aliphatic rings. The number of ether oxygens (including phenoxy) is 1. The molecule has 0 spiro atoms. The summed E-state index contributed by atoms with van der Waals surface area (Å²) >= 11 is 0. The Balaban J connectivity index is 1.53. The number of benzene rings is 1. The Kier molecular flexibility index (Phi) is 8.13. The van der Waals surface area contributed by atoms with Crippen molar-refractivity contribution in [3.8, 4) is 0 Å². The summed E-state index contributed by atoms with van der Waals surface area (Å²) in [5, 5.41) is 5.52. The molecule has 0 bridgehead atoms. The standard InChI is InChI=1S/C22H35N3O4S/c1-17(2)15-19(25-11-13-29-14-12-25)16-23-22(26)24-18-7-9-21(10-8-18)30(27,28)20-5-3-4-6-20/h7-10,17,19-20H,3-6,11-16H2,1-2H3,(H2,23,24,26)/t19-/m1/s1. The lowest BCUT2D eigenvalue weighted by atomic mass is 10.0. The molecular weight excluding hydrogens is 402 g/mol. The lowest BCUT2D eigenvalue weighted by molar-refractivity contribution is 0.0130. The number of amides is 2. The van der Waals surface area contributed by atoms with Gasteiger partial charge in [0.2, 0.25) is 0 Å². The first-order valence-corrected chi connectivity index (χ1v) is 12.6. The highest BCUT2D eigenvalue weighted by Crippen LogP contribution is 2.30. The second kappa shape index (κ2) is 10.6. The maximum Gasteiger partial charge on any atom is 0.319 e. The van der Waals surface area contributed by atoms with Gasteiger partial charge < -0.3 is 15.4 Å². The van der Waals surface area contributed by atoms with E-state index in [1.807, 2.05) is 0 Å². The van der Waals surface area contributed by atoms with Gasteiger partial charge in [0.15, 0.2) is 9.84 Å². The van der Waals surface area contributed by atoms with Crippen molar-refractivity contribution in [2.24, 2.45) is 5.92 Å². The van der Waals surface area contributed by atoms with Gasteiger partial charge in [0.1, 0.15) is 0 Å². The van der Waals surface area contributed by atoms with Crippen LogP contribution in [0, 0.1) is 5.92 Å². The topological polar surface area (TPSA) is 87.7 Å². The van der Waals surface area contributed by atoms with Crippen molar-refractivity contribution >= 4 is 21.6 Å². The highest BCUT2D eigenvalue weighted by atomic mass is 32.2. The molecule has 1 saturated heterocycles. The lowest BCUT2D eigenvalue weighted by Gasteiger charge is -2.35. The largest absolute Gasteiger partial charge is 0.379 e. The van der Waals surface area contributed by atoms with E-state index in [4.69, 9.17) is 4.74 Å². The number of nitrogens with one attached hydrogen (secondary N) is 2. The number of morpholine rings is 1. The Morgan fingerprint density at radius 3 is 2.37 bits per heavy atom. The predicted molar refractivity (Wildman–Crippen MR) is 119 cm³/mol. The predicted octanol–water partition coefficient (Wildman–Crippen LogP) is 3.27. The van der Waals surface area contributed by atoms with Crippen LogP contribution in [0.25, 0.3) is 0 Å². The average Bonchev–Trinajstić information content (AvgIpc) is 3.28. The average molecular weight is 438 g/mol. The number of nitrogens with zero attached hydrogens (tertiary/aromatic N) is 1. The fourth-order valence-corrected chi connectivity index (χ4v) is 6.21. The third-order valence-electron chi connectivity index (χ3n) is 5.99. The third kappa shape index (κ3) is 6.18. The summed E-state index contributed by atoms with van der Waals surface area (Å²) in [7, 11) is -3.27. The molecule has 1 heterocycles. The first-order valence-electron chi connectivity index (χ1n) is 11.1. The van der Waals surface area contributed by atoms with Crippen LogP contribution in [0.2, 0.25) is 0 Å². The van der Waals surface area contributed by atoms with E-state index in [-0.39, 0.29) is 17.3 Å². The van der Waals surface area contributed by atoms with Gasteiger partial charge in [0.25, 0.3) is 0 Å². The summed E-state index contributed by atoms with van der Waals surface area (Å²) in [5.41, 5.74) is 0.588. The van der Waals surface area contributed by atoms with Gasteiger partial charge in [0, 0.05) is 31.4 Å². The van der Waals surface area contributed by atoms with Gasteiger partial charge in [-0.25, -0.2) is 13.2 Å². The number of anilines is 1. The van der Waals surface area contributed by atoms with Crippen LogP contribution in [0.4, 0.5) is 10.5 Å². The summed E-state index contributed by atoms with van der Waals surface area (Å²) in [5.74, 6) is 0.539. The van der Waals surface area contributed by atoms with Crippen molar-refractivity contribution in [3.05, 3.63) is 24.3 Å². The second-order valence-electron chi connectivity index (χ2n) is 8.74. The molecule has 1 aromatic carbocycles. The van der Waals surface area contributed by atoms with E-state index in [2.05, 4.69) is 29.4 Å². The van der Waals surface area contributed by atoms with Crippen molar-refractivity contribution in [2.75, 3.05) is 38.2 Å². The minimum Gasteiger partial charge on any atom is -0.379 e. The summed E-state index contributed by atoms with van der Waals surface area (Å²) in [6.07, 6.45) is 4.45. The van der Waals surface area contributed by atoms with Crippen LogP contribution in [0.15, 0.2) is 29.2 Å². The normalized spacial score (nSPS) is 19.7. The van der Waals surface area contributed by atoms with Crippen LogP contribution in [0.1, 0.15) is 46.0 Å². The SMILES string of the molecule is CC(C)C[C@H](CNC(=O)Nc1ccc(S(=O)(=O)C2CCCC2)cc1)N1CCOCC1. The first-order chi connectivity index (χ1) is 14.4. The van der Waals surface area contributed by atoms with Crippen molar-refractivity contribution in [1.29, 1.82) is 0 Å². The van der Waals surface area contributed by atoms with Crippen LogP contribution >= 0.6 is 0 Å². The summed E-state index contributed by atoms with van der Waals surface area (Å²) in [6, 6.07) is 6.52. The molecule has 3 rings (SSSR count). The molecule has 1 aromatic rings. The zero-order valence-corrected chi connectivity index (χ0v) is 18.9. The molecule has 1 aliphatic carbocycles. The number of carbonyl (C=O) groups excluding carboxylic acids is 1. The smallest absolute Gasteiger partial charge is 0.319 e. The molecule has 7 nitrogen and oxygen atoms in total. The van der Waals surface area contributed by atoms with E-state index in [1.54, 1.807) is 24.3 Å². The molecule has 2 amide bonds. The minimum absolute atomic E-state index is 0.266. The molecule has 30 heavy (non-hydrogen) atoms. The van der Waals surface area contributed by atoms with Gasteiger partial charge >= 0.3 is 6.03 Å². The van der Waals surface area contributed by atoms with Crippen LogP contribution < -0.4 is 10.6 Å². The summed E-state index contributed by atoms with van der Waals surface area (Å²) in [4.78, 5) is 15.1. The quantitative estimate of drug-likeness (QED) is 0.652. The molecule has 0 radical (unpaired) electrons. The molecule has 2 N–H and O–H groups in total. The van der Waals surface area contributed by atoms with Gasteiger partial charge in [-0.3, -0.25) is 4.90 Å². The van der Waals surface area contributed by atoms with Crippen LogP contribution in [-0.4, -0.2) is 63.5 Å². The number of carbonyl (C=O) groups is 1. The summed E-state index contributed by atoms with van der Waals surface area (Å²) in [6.45, 7) is 8.19. The van der Waals surface area contributed by atoms with Crippen molar-refractivity contribution < 1.29 is 17.9 Å². The number of hydrogen-bond donors (Lipinski definition) is 2. The fraction of sp³-hybridized carbons (Fsp3) is 0.682. The van der Waals surface area contributed by atoms with Crippen LogP contribution in [0.5, 0.6) is 0 Å². The zero-order chi connectivity index (χ0) is 21.6. The van der Waals surface area contributed by atoms with Crippen molar-refractivity contribution in [2.45, 2.75) is 62.1 Å². The fourth-order valence-electron chi connectivity index (χ4n) is 4.35. The number of rotatable bonds is 8. The molecule has 0 unspecified atom stereocenters. The maximum atomic E-state index is 12.7. The van der Waals surface area contributed by atoms with Gasteiger partial charge in [-0.05, 0) is 49.4 Å². The Hall–Kier alpha value is -1.64.